The van der Waals surface area contributed by atoms with Gasteiger partial charge in [0.05, 0.1) is 29.4 Å². The van der Waals surface area contributed by atoms with Crippen LogP contribution in [0.2, 0.25) is 0 Å². The molecule has 0 amide bonds. The van der Waals surface area contributed by atoms with Crippen LogP contribution in [0.3, 0.4) is 0 Å². The van der Waals surface area contributed by atoms with Crippen LogP contribution < -0.4 is 5.73 Å². The van der Waals surface area contributed by atoms with Crippen LogP contribution in [0.25, 0.3) is 0 Å². The lowest BCUT2D eigenvalue weighted by Crippen LogP contribution is -2.27. The van der Waals surface area contributed by atoms with Crippen molar-refractivity contribution in [2.45, 2.75) is 6.54 Å². The third-order valence-electron chi connectivity index (χ3n) is 1.43. The van der Waals surface area contributed by atoms with Gasteiger partial charge >= 0.3 is 0 Å². The molecular weight excluding hydrogens is 300 g/mol. The first-order chi connectivity index (χ1) is 5.70. The molecule has 13 heavy (non-hydrogen) atoms. The zero-order valence-electron chi connectivity index (χ0n) is 6.90. The quantitative estimate of drug-likeness (QED) is 0.380. The van der Waals surface area contributed by atoms with Crippen molar-refractivity contribution >= 4 is 41.2 Å². The van der Waals surface area contributed by atoms with Gasteiger partial charge in [-0.05, 0) is 5.56 Å². The summed E-state index contributed by atoms with van der Waals surface area (Å²) in [6.45, 7) is 0.677. The molecule has 0 saturated heterocycles. The molecule has 0 spiro atoms. The average molecular weight is 312 g/mol. The summed E-state index contributed by atoms with van der Waals surface area (Å²) < 4.78 is 1.66. The molecule has 0 aromatic heterocycles. The van der Waals surface area contributed by atoms with E-state index in [9.17, 15) is 0 Å². The summed E-state index contributed by atoms with van der Waals surface area (Å²) in [5.41, 5.74) is 6.44. The molecule has 72 valence electrons. The van der Waals surface area contributed by atoms with Crippen molar-refractivity contribution in [2.75, 3.05) is 0 Å². The highest BCUT2D eigenvalue weighted by atomic mass is 127. The summed E-state index contributed by atoms with van der Waals surface area (Å²) in [6, 6.07) is 9.93. The molecule has 1 aromatic carbocycles. The van der Waals surface area contributed by atoms with E-state index >= 15 is 0 Å². The molecule has 0 unspecified atom stereocenters. The molecule has 1 aromatic rings. The van der Waals surface area contributed by atoms with Crippen LogP contribution in [0.1, 0.15) is 5.56 Å². The van der Waals surface area contributed by atoms with Crippen LogP contribution in [0.5, 0.6) is 0 Å². The molecule has 0 aliphatic rings. The summed E-state index contributed by atoms with van der Waals surface area (Å²) in [7, 11) is 0. The molecule has 0 saturated carbocycles. The predicted molar refractivity (Wildman–Crippen MR) is 65.2 cm³/mol. The van der Waals surface area contributed by atoms with E-state index < -0.39 is 0 Å². The van der Waals surface area contributed by atoms with E-state index in [0.29, 0.717) is 6.54 Å². The fraction of sp³-hybridized carbons (Fsp3) is 0.125. The number of rotatable bonds is 2. The van der Waals surface area contributed by atoms with Crippen LogP contribution >= 0.6 is 35.3 Å². The largest absolute Gasteiger partial charge is 0.369 e. The molecule has 0 fully saturated rings. The maximum absolute atomic E-state index is 7.15. The van der Waals surface area contributed by atoms with Gasteiger partial charge < -0.3 is 5.73 Å². The van der Waals surface area contributed by atoms with E-state index in [-0.39, 0.29) is 18.4 Å². The van der Waals surface area contributed by atoms with E-state index in [0.717, 1.165) is 5.56 Å². The van der Waals surface area contributed by atoms with E-state index in [2.05, 4.69) is 0 Å². The van der Waals surface area contributed by atoms with Crippen LogP contribution in [0.15, 0.2) is 30.3 Å². The molecule has 1 rings (SSSR count). The highest BCUT2D eigenvalue weighted by Crippen LogP contribution is 2.07. The number of nitrogens with two attached hydrogens (primary N) is 1. The van der Waals surface area contributed by atoms with Gasteiger partial charge in [0.1, 0.15) is 0 Å². The summed E-state index contributed by atoms with van der Waals surface area (Å²) in [6.07, 6.45) is 0. The molecule has 0 radical (unpaired) electrons. The van der Waals surface area contributed by atoms with Crippen LogP contribution in [-0.4, -0.2) is 9.07 Å². The standard InChI is InChI=1S/C8H10IN3.ClH/c9-12(8(10)11)6-7-4-2-1-3-5-7;/h1-5H,6H2,(H3,10,11);1H. The summed E-state index contributed by atoms with van der Waals surface area (Å²) >= 11 is 2.02. The van der Waals surface area contributed by atoms with Gasteiger partial charge in [-0.1, -0.05) is 30.3 Å². The van der Waals surface area contributed by atoms with Gasteiger partial charge in [-0.3, -0.25) is 8.52 Å². The zero-order valence-corrected chi connectivity index (χ0v) is 9.88. The topological polar surface area (TPSA) is 53.1 Å². The first-order valence-corrected chi connectivity index (χ1v) is 4.48. The summed E-state index contributed by atoms with van der Waals surface area (Å²) in [5.74, 6) is 0.0828. The van der Waals surface area contributed by atoms with Crippen LogP contribution in [0, 0.1) is 5.41 Å². The zero-order chi connectivity index (χ0) is 8.97. The summed E-state index contributed by atoms with van der Waals surface area (Å²) in [4.78, 5) is 0. The van der Waals surface area contributed by atoms with Gasteiger partial charge in [-0.2, -0.15) is 0 Å². The Hall–Kier alpha value is -0.490. The predicted octanol–water partition coefficient (Wildman–Crippen LogP) is 2.15. The Morgan fingerprint density at radius 2 is 1.92 bits per heavy atom. The molecule has 5 heteroatoms. The normalized spacial score (nSPS) is 8.69. The Morgan fingerprint density at radius 3 is 2.38 bits per heavy atom. The summed E-state index contributed by atoms with van der Waals surface area (Å²) in [5, 5.41) is 7.15. The third kappa shape index (κ3) is 4.33. The monoisotopic (exact) mass is 311 g/mol. The lowest BCUT2D eigenvalue weighted by atomic mass is 10.2. The van der Waals surface area contributed by atoms with Crippen molar-refractivity contribution in [3.63, 3.8) is 0 Å². The number of halogens is 2. The molecule has 3 nitrogen and oxygen atoms in total. The Labute approximate surface area is 97.7 Å². The number of guanidine groups is 1. The molecule has 0 bridgehead atoms. The van der Waals surface area contributed by atoms with E-state index in [1.807, 2.05) is 53.2 Å². The van der Waals surface area contributed by atoms with Gasteiger partial charge in [-0.15, -0.1) is 12.4 Å². The third-order valence-corrected chi connectivity index (χ3v) is 2.29. The van der Waals surface area contributed by atoms with Crippen molar-refractivity contribution in [2.24, 2.45) is 5.73 Å². The second-order valence-electron chi connectivity index (χ2n) is 2.39. The fourth-order valence-electron chi connectivity index (χ4n) is 0.829. The highest BCUT2D eigenvalue weighted by Gasteiger charge is 2.01. The van der Waals surface area contributed by atoms with E-state index in [1.165, 1.54) is 0 Å². The van der Waals surface area contributed by atoms with Gasteiger partial charge in [0.2, 0.25) is 0 Å². The number of hydrogen-bond acceptors (Lipinski definition) is 1. The van der Waals surface area contributed by atoms with Gasteiger partial charge in [-0.25, -0.2) is 0 Å². The van der Waals surface area contributed by atoms with Crippen molar-refractivity contribution in [1.82, 2.24) is 3.11 Å². The fourth-order valence-corrected chi connectivity index (χ4v) is 1.22. The average Bonchev–Trinajstić information content (AvgIpc) is 2.06. The number of hydrogen-bond donors (Lipinski definition) is 2. The number of nitrogens with one attached hydrogen (secondary N) is 1. The van der Waals surface area contributed by atoms with Gasteiger partial charge in [0, 0.05) is 0 Å². The Kier molecular flexibility index (Phi) is 5.81. The van der Waals surface area contributed by atoms with Crippen molar-refractivity contribution in [3.8, 4) is 0 Å². The van der Waals surface area contributed by atoms with Crippen molar-refractivity contribution in [1.29, 1.82) is 5.41 Å². The van der Waals surface area contributed by atoms with Crippen LogP contribution in [0.4, 0.5) is 0 Å². The second-order valence-corrected chi connectivity index (χ2v) is 3.56. The Bertz CT molecular complexity index is 265. The number of benzene rings is 1. The van der Waals surface area contributed by atoms with Crippen molar-refractivity contribution < 1.29 is 0 Å². The smallest absolute Gasteiger partial charge is 0.197 e. The second kappa shape index (κ2) is 6.04. The first-order valence-electron chi connectivity index (χ1n) is 3.51. The van der Waals surface area contributed by atoms with Gasteiger partial charge in [0.25, 0.3) is 0 Å². The molecule has 3 N–H and O–H groups in total. The molecular formula is C8H11ClIN3. The van der Waals surface area contributed by atoms with Crippen LogP contribution in [-0.2, 0) is 6.54 Å². The minimum Gasteiger partial charge on any atom is -0.369 e. The molecule has 0 atom stereocenters. The maximum atomic E-state index is 7.15. The molecule has 0 aliphatic carbocycles. The first kappa shape index (κ1) is 12.5. The lowest BCUT2D eigenvalue weighted by molar-refractivity contribution is 0.704. The molecule has 0 heterocycles. The minimum absolute atomic E-state index is 0. The number of nitrogens with zero attached hydrogens (tertiary/aromatic N) is 1. The van der Waals surface area contributed by atoms with E-state index in [4.69, 9.17) is 11.1 Å². The Balaban J connectivity index is 0.00000144. The Morgan fingerprint density at radius 1 is 1.38 bits per heavy atom. The van der Waals surface area contributed by atoms with Gasteiger partial charge in [0.15, 0.2) is 5.96 Å². The maximum Gasteiger partial charge on any atom is 0.197 e. The van der Waals surface area contributed by atoms with Crippen molar-refractivity contribution in [3.05, 3.63) is 35.9 Å². The minimum atomic E-state index is 0. The molecule has 0 aliphatic heterocycles. The lowest BCUT2D eigenvalue weighted by Gasteiger charge is -2.13. The highest BCUT2D eigenvalue weighted by molar-refractivity contribution is 14.1. The van der Waals surface area contributed by atoms with E-state index in [1.54, 1.807) is 3.11 Å². The SMILES string of the molecule is Cl.N=C(N)N(I)Cc1ccccc1.